The van der Waals surface area contributed by atoms with Crippen molar-refractivity contribution in [2.45, 2.75) is 47.9 Å². The molecular formula is C18H25N3O2S2. The van der Waals surface area contributed by atoms with Crippen molar-refractivity contribution < 1.29 is 9.59 Å². The molecule has 0 spiro atoms. The zero-order chi connectivity index (χ0) is 17.5. The van der Waals surface area contributed by atoms with Crippen LogP contribution in [0.1, 0.15) is 25.7 Å². The van der Waals surface area contributed by atoms with Gasteiger partial charge in [0.25, 0.3) is 0 Å². The molecule has 3 unspecified atom stereocenters. The summed E-state index contributed by atoms with van der Waals surface area (Å²) in [6.45, 7) is 0.707. The van der Waals surface area contributed by atoms with Gasteiger partial charge in [0, 0.05) is 34.6 Å². The van der Waals surface area contributed by atoms with Gasteiger partial charge in [-0.15, -0.1) is 11.8 Å². The Morgan fingerprint density at radius 3 is 2.92 bits per heavy atom. The van der Waals surface area contributed by atoms with Gasteiger partial charge in [0.15, 0.2) is 0 Å². The number of benzene rings is 1. The van der Waals surface area contributed by atoms with Crippen LogP contribution >= 0.6 is 23.5 Å². The lowest BCUT2D eigenvalue weighted by atomic mass is 10.0. The molecule has 1 aromatic carbocycles. The lowest BCUT2D eigenvalue weighted by Crippen LogP contribution is -2.36. The molecule has 5 nitrogen and oxygen atoms in total. The maximum Gasteiger partial charge on any atom is 0.315 e. The molecule has 0 radical (unpaired) electrons. The van der Waals surface area contributed by atoms with Gasteiger partial charge in [0.05, 0.1) is 12.1 Å². The number of carbonyl (C=O) groups excluding carboxylic acids is 2. The van der Waals surface area contributed by atoms with Crippen LogP contribution in [0.3, 0.4) is 0 Å². The Bertz CT molecular complexity index is 585. The average Bonchev–Trinajstić information content (AvgIpc) is 3.16. The first kappa shape index (κ1) is 18.5. The Hall–Kier alpha value is -1.34. The molecule has 7 heteroatoms. The highest BCUT2D eigenvalue weighted by Gasteiger charge is 2.42. The van der Waals surface area contributed by atoms with Gasteiger partial charge in [0.1, 0.15) is 0 Å². The molecule has 2 heterocycles. The van der Waals surface area contributed by atoms with Crippen LogP contribution in [-0.2, 0) is 4.79 Å². The fourth-order valence-electron chi connectivity index (χ4n) is 3.24. The Morgan fingerprint density at radius 2 is 2.08 bits per heavy atom. The van der Waals surface area contributed by atoms with E-state index in [2.05, 4.69) is 28.1 Å². The Morgan fingerprint density at radius 1 is 1.24 bits per heavy atom. The minimum atomic E-state index is -0.0342. The third-order valence-electron chi connectivity index (χ3n) is 4.52. The van der Waals surface area contributed by atoms with Gasteiger partial charge in [0.2, 0.25) is 5.91 Å². The lowest BCUT2D eigenvalue weighted by molar-refractivity contribution is -0.121. The molecule has 0 aromatic heterocycles. The zero-order valence-corrected chi connectivity index (χ0v) is 15.8. The van der Waals surface area contributed by atoms with Gasteiger partial charge in [-0.3, -0.25) is 4.79 Å². The van der Waals surface area contributed by atoms with Crippen LogP contribution < -0.4 is 16.0 Å². The van der Waals surface area contributed by atoms with Gasteiger partial charge >= 0.3 is 6.03 Å². The minimum Gasteiger partial charge on any atom is -0.355 e. The smallest absolute Gasteiger partial charge is 0.315 e. The Balaban J connectivity index is 1.22. The summed E-state index contributed by atoms with van der Waals surface area (Å²) in [5.74, 6) is 2.03. The molecular weight excluding hydrogens is 354 g/mol. The first-order valence-corrected chi connectivity index (χ1v) is 10.9. The monoisotopic (exact) mass is 379 g/mol. The number of hydrogen-bond donors (Lipinski definition) is 3. The van der Waals surface area contributed by atoms with Crippen molar-refractivity contribution in [2.75, 3.05) is 18.1 Å². The van der Waals surface area contributed by atoms with E-state index in [9.17, 15) is 9.59 Å². The molecule has 3 N–H and O–H groups in total. The maximum atomic E-state index is 11.9. The van der Waals surface area contributed by atoms with Crippen LogP contribution in [0, 0.1) is 0 Å². The molecule has 2 fully saturated rings. The van der Waals surface area contributed by atoms with Crippen molar-refractivity contribution in [1.29, 1.82) is 0 Å². The summed E-state index contributed by atoms with van der Waals surface area (Å²) in [5.41, 5.74) is 0. The van der Waals surface area contributed by atoms with Crippen molar-refractivity contribution in [3.63, 3.8) is 0 Å². The molecule has 3 amide bonds. The van der Waals surface area contributed by atoms with Crippen molar-refractivity contribution in [1.82, 2.24) is 16.0 Å². The van der Waals surface area contributed by atoms with E-state index in [0.29, 0.717) is 18.2 Å². The molecule has 2 aliphatic heterocycles. The molecule has 1 aromatic rings. The van der Waals surface area contributed by atoms with Gasteiger partial charge < -0.3 is 16.0 Å². The summed E-state index contributed by atoms with van der Waals surface area (Å²) in [6.07, 6.45) is 3.59. The molecule has 2 aliphatic rings. The van der Waals surface area contributed by atoms with E-state index < -0.39 is 0 Å². The highest BCUT2D eigenvalue weighted by molar-refractivity contribution is 8.00. The first-order valence-electron chi connectivity index (χ1n) is 8.85. The third-order valence-corrected chi connectivity index (χ3v) is 7.04. The van der Waals surface area contributed by atoms with E-state index in [4.69, 9.17) is 0 Å². The highest BCUT2D eigenvalue weighted by Crippen LogP contribution is 2.33. The van der Waals surface area contributed by atoms with Crippen LogP contribution in [-0.4, -0.2) is 47.3 Å². The second kappa shape index (κ2) is 9.38. The summed E-state index contributed by atoms with van der Waals surface area (Å²) in [7, 11) is 0. The first-order chi connectivity index (χ1) is 12.2. The number of hydrogen-bond acceptors (Lipinski definition) is 4. The number of rotatable bonds is 9. The molecule has 3 rings (SSSR count). The number of nitrogens with one attached hydrogen (secondary N) is 3. The lowest BCUT2D eigenvalue weighted by Gasteiger charge is -2.16. The molecule has 2 saturated heterocycles. The Kier molecular flexibility index (Phi) is 6.93. The van der Waals surface area contributed by atoms with E-state index in [-0.39, 0.29) is 24.0 Å². The molecule has 0 aliphatic carbocycles. The van der Waals surface area contributed by atoms with Crippen LogP contribution in [0.15, 0.2) is 35.2 Å². The number of fused-ring (bicyclic) bond motifs is 1. The fourth-order valence-corrected chi connectivity index (χ4v) is 5.57. The number of thioether (sulfide) groups is 2. The summed E-state index contributed by atoms with van der Waals surface area (Å²) in [6, 6.07) is 10.7. The normalized spacial score (nSPS) is 24.5. The fraction of sp³-hybridized carbons (Fsp3) is 0.556. The quantitative estimate of drug-likeness (QED) is 0.350. The topological polar surface area (TPSA) is 70.2 Å². The van der Waals surface area contributed by atoms with Crippen LogP contribution in [0.25, 0.3) is 0 Å². The van der Waals surface area contributed by atoms with E-state index in [1.165, 1.54) is 4.90 Å². The van der Waals surface area contributed by atoms with E-state index in [1.807, 2.05) is 30.0 Å². The minimum absolute atomic E-state index is 0.0342. The van der Waals surface area contributed by atoms with Crippen molar-refractivity contribution in [3.8, 4) is 0 Å². The number of carbonyl (C=O) groups is 2. The van der Waals surface area contributed by atoms with E-state index in [1.54, 1.807) is 11.8 Å². The number of unbranched alkanes of at least 4 members (excludes halogenated alkanes) is 1. The van der Waals surface area contributed by atoms with Gasteiger partial charge in [-0.25, -0.2) is 4.79 Å². The van der Waals surface area contributed by atoms with Crippen LogP contribution in [0.2, 0.25) is 0 Å². The summed E-state index contributed by atoms with van der Waals surface area (Å²) < 4.78 is 0. The molecule has 25 heavy (non-hydrogen) atoms. The second-order valence-corrected chi connectivity index (χ2v) is 8.82. The van der Waals surface area contributed by atoms with Crippen molar-refractivity contribution in [2.24, 2.45) is 0 Å². The predicted octanol–water partition coefficient (Wildman–Crippen LogP) is 2.62. The SMILES string of the molecule is O=C(CCCCC1SCC2NC(=O)NC21)NCCSc1ccccc1. The largest absolute Gasteiger partial charge is 0.355 e. The standard InChI is InChI=1S/C18H25N3O2S2/c22-16(19-10-11-24-13-6-2-1-3-7-13)9-5-4-8-15-17-14(12-25-15)20-18(23)21-17/h1-3,6-7,14-15,17H,4-5,8-12H2,(H,19,22)(H2,20,21,23). The Labute approximate surface area is 157 Å². The van der Waals surface area contributed by atoms with Crippen LogP contribution in [0.4, 0.5) is 4.79 Å². The molecule has 136 valence electrons. The molecule has 0 saturated carbocycles. The highest BCUT2D eigenvalue weighted by atomic mass is 32.2. The molecule has 3 atom stereocenters. The van der Waals surface area contributed by atoms with E-state index in [0.717, 1.165) is 30.8 Å². The van der Waals surface area contributed by atoms with Gasteiger partial charge in [-0.05, 0) is 25.0 Å². The maximum absolute atomic E-state index is 11.9. The molecule has 0 bridgehead atoms. The van der Waals surface area contributed by atoms with Crippen molar-refractivity contribution in [3.05, 3.63) is 30.3 Å². The van der Waals surface area contributed by atoms with Gasteiger partial charge in [-0.1, -0.05) is 24.6 Å². The third kappa shape index (κ3) is 5.57. The average molecular weight is 380 g/mol. The summed E-state index contributed by atoms with van der Waals surface area (Å²) >= 11 is 3.69. The second-order valence-electron chi connectivity index (χ2n) is 6.38. The summed E-state index contributed by atoms with van der Waals surface area (Å²) in [5, 5.41) is 9.44. The van der Waals surface area contributed by atoms with E-state index >= 15 is 0 Å². The number of urea groups is 1. The zero-order valence-electron chi connectivity index (χ0n) is 14.2. The van der Waals surface area contributed by atoms with Gasteiger partial charge in [-0.2, -0.15) is 11.8 Å². The van der Waals surface area contributed by atoms with Crippen molar-refractivity contribution >= 4 is 35.5 Å². The summed E-state index contributed by atoms with van der Waals surface area (Å²) in [4.78, 5) is 24.5. The van der Waals surface area contributed by atoms with Crippen LogP contribution in [0.5, 0.6) is 0 Å². The number of amides is 3. The predicted molar refractivity (Wildman–Crippen MR) is 104 cm³/mol.